The molecular formula is C21H25NO3. The number of benzene rings is 2. The number of carbonyl (C=O) groups is 2. The molecule has 0 spiro atoms. The van der Waals surface area contributed by atoms with Crippen molar-refractivity contribution in [2.45, 2.75) is 26.3 Å². The van der Waals surface area contributed by atoms with Crippen molar-refractivity contribution in [2.75, 3.05) is 13.7 Å². The third-order valence-corrected chi connectivity index (χ3v) is 4.02. The second kappa shape index (κ2) is 9.14. The van der Waals surface area contributed by atoms with E-state index < -0.39 is 6.04 Å². The van der Waals surface area contributed by atoms with E-state index in [2.05, 4.69) is 5.32 Å². The zero-order valence-electron chi connectivity index (χ0n) is 15.0. The fourth-order valence-electron chi connectivity index (χ4n) is 2.67. The highest BCUT2D eigenvalue weighted by molar-refractivity contribution is 5.98. The first kappa shape index (κ1) is 18.9. The van der Waals surface area contributed by atoms with Gasteiger partial charge in [-0.1, -0.05) is 68.4 Å². The lowest BCUT2D eigenvalue weighted by atomic mass is 10.0. The van der Waals surface area contributed by atoms with Crippen molar-refractivity contribution in [3.63, 3.8) is 0 Å². The van der Waals surface area contributed by atoms with Crippen molar-refractivity contribution >= 4 is 11.8 Å². The largest absolute Gasteiger partial charge is 0.468 e. The van der Waals surface area contributed by atoms with Crippen molar-refractivity contribution in [1.29, 1.82) is 0 Å². The molecule has 0 aliphatic carbocycles. The molecule has 1 N–H and O–H groups in total. The SMILES string of the molecule is COC(=O)[C@H](CC(C)C)NCC(=O)c1ccc(-c2ccccc2)cc1. The smallest absolute Gasteiger partial charge is 0.322 e. The Kier molecular flexibility index (Phi) is 6.90. The predicted octanol–water partition coefficient (Wildman–Crippen LogP) is 3.71. The van der Waals surface area contributed by atoms with Crippen LogP contribution in [0, 0.1) is 5.92 Å². The number of esters is 1. The lowest BCUT2D eigenvalue weighted by molar-refractivity contribution is -0.143. The second-order valence-corrected chi connectivity index (χ2v) is 6.45. The Labute approximate surface area is 149 Å². The summed E-state index contributed by atoms with van der Waals surface area (Å²) >= 11 is 0. The van der Waals surface area contributed by atoms with E-state index in [0.717, 1.165) is 11.1 Å². The van der Waals surface area contributed by atoms with E-state index in [4.69, 9.17) is 4.74 Å². The monoisotopic (exact) mass is 339 g/mol. The molecule has 0 bridgehead atoms. The highest BCUT2D eigenvalue weighted by Crippen LogP contribution is 2.19. The minimum Gasteiger partial charge on any atom is -0.468 e. The number of ketones is 1. The molecule has 0 radical (unpaired) electrons. The van der Waals surface area contributed by atoms with Crippen LogP contribution in [0.3, 0.4) is 0 Å². The molecule has 0 saturated carbocycles. The first-order chi connectivity index (χ1) is 12.0. The molecule has 0 aliphatic heterocycles. The van der Waals surface area contributed by atoms with Gasteiger partial charge in [0, 0.05) is 5.56 Å². The maximum absolute atomic E-state index is 12.4. The summed E-state index contributed by atoms with van der Waals surface area (Å²) in [5.74, 6) is -0.0462. The van der Waals surface area contributed by atoms with Crippen molar-refractivity contribution < 1.29 is 14.3 Å². The average Bonchev–Trinajstić information content (AvgIpc) is 2.64. The molecular weight excluding hydrogens is 314 g/mol. The number of nitrogens with one attached hydrogen (secondary N) is 1. The van der Waals surface area contributed by atoms with E-state index in [1.807, 2.05) is 68.4 Å². The maximum atomic E-state index is 12.4. The Morgan fingerprint density at radius 3 is 2.12 bits per heavy atom. The van der Waals surface area contributed by atoms with Crippen LogP contribution in [0.2, 0.25) is 0 Å². The summed E-state index contributed by atoms with van der Waals surface area (Å²) in [4.78, 5) is 24.2. The van der Waals surface area contributed by atoms with Gasteiger partial charge in [0.1, 0.15) is 6.04 Å². The summed E-state index contributed by atoms with van der Waals surface area (Å²) in [7, 11) is 1.36. The van der Waals surface area contributed by atoms with Gasteiger partial charge in [-0.3, -0.25) is 14.9 Å². The van der Waals surface area contributed by atoms with Crippen LogP contribution in [0.4, 0.5) is 0 Å². The minimum atomic E-state index is -0.461. The summed E-state index contributed by atoms with van der Waals surface area (Å²) in [5.41, 5.74) is 2.81. The predicted molar refractivity (Wildman–Crippen MR) is 99.5 cm³/mol. The molecule has 0 heterocycles. The number of hydrogen-bond acceptors (Lipinski definition) is 4. The van der Waals surface area contributed by atoms with Crippen LogP contribution in [-0.2, 0) is 9.53 Å². The van der Waals surface area contributed by atoms with E-state index in [9.17, 15) is 9.59 Å². The quantitative estimate of drug-likeness (QED) is 0.588. The number of Topliss-reactive ketones (excluding diaryl/α,β-unsaturated/α-hetero) is 1. The Morgan fingerprint density at radius 1 is 0.960 bits per heavy atom. The van der Waals surface area contributed by atoms with Crippen LogP contribution >= 0.6 is 0 Å². The molecule has 132 valence electrons. The van der Waals surface area contributed by atoms with Gasteiger partial charge in [-0.05, 0) is 23.5 Å². The van der Waals surface area contributed by atoms with Gasteiger partial charge in [-0.2, -0.15) is 0 Å². The molecule has 0 aromatic heterocycles. The van der Waals surface area contributed by atoms with Gasteiger partial charge in [0.2, 0.25) is 0 Å². The molecule has 4 heteroatoms. The summed E-state index contributed by atoms with van der Waals surface area (Å²) in [6.45, 7) is 4.17. The Hall–Kier alpha value is -2.46. The second-order valence-electron chi connectivity index (χ2n) is 6.45. The molecule has 4 nitrogen and oxygen atoms in total. The molecule has 1 atom stereocenters. The first-order valence-electron chi connectivity index (χ1n) is 8.51. The minimum absolute atomic E-state index is 0.0442. The molecule has 2 aromatic carbocycles. The lowest BCUT2D eigenvalue weighted by Gasteiger charge is -2.18. The van der Waals surface area contributed by atoms with Crippen LogP contribution in [0.15, 0.2) is 54.6 Å². The fourth-order valence-corrected chi connectivity index (χ4v) is 2.67. The highest BCUT2D eigenvalue weighted by atomic mass is 16.5. The van der Waals surface area contributed by atoms with Crippen molar-refractivity contribution in [1.82, 2.24) is 5.32 Å². The number of hydrogen-bond donors (Lipinski definition) is 1. The lowest BCUT2D eigenvalue weighted by Crippen LogP contribution is -2.41. The molecule has 25 heavy (non-hydrogen) atoms. The van der Waals surface area contributed by atoms with E-state index in [1.54, 1.807) is 0 Å². The van der Waals surface area contributed by atoms with Gasteiger partial charge < -0.3 is 4.74 Å². The summed E-state index contributed by atoms with van der Waals surface area (Å²) < 4.78 is 4.80. The van der Waals surface area contributed by atoms with Gasteiger partial charge in [0.25, 0.3) is 0 Å². The standard InChI is InChI=1S/C21H25NO3/c1-15(2)13-19(21(24)25-3)22-14-20(23)18-11-9-17(10-12-18)16-7-5-4-6-8-16/h4-12,15,19,22H,13-14H2,1-3H3/t19-/m0/s1. The molecule has 0 amide bonds. The van der Waals surface area contributed by atoms with E-state index in [1.165, 1.54) is 7.11 Å². The Bertz CT molecular complexity index is 693. The summed E-state index contributed by atoms with van der Waals surface area (Å²) in [5, 5.41) is 3.02. The molecule has 2 aromatic rings. The van der Waals surface area contributed by atoms with Gasteiger partial charge in [-0.15, -0.1) is 0 Å². The van der Waals surface area contributed by atoms with Crippen molar-refractivity contribution in [3.8, 4) is 11.1 Å². The third-order valence-electron chi connectivity index (χ3n) is 4.02. The number of methoxy groups -OCH3 is 1. The average molecular weight is 339 g/mol. The summed E-state index contributed by atoms with van der Waals surface area (Å²) in [6.07, 6.45) is 0.632. The Balaban J connectivity index is 1.99. The van der Waals surface area contributed by atoms with Gasteiger partial charge >= 0.3 is 5.97 Å². The van der Waals surface area contributed by atoms with E-state index in [-0.39, 0.29) is 18.3 Å². The van der Waals surface area contributed by atoms with Crippen LogP contribution < -0.4 is 5.32 Å². The zero-order chi connectivity index (χ0) is 18.2. The topological polar surface area (TPSA) is 55.4 Å². The summed E-state index contributed by atoms with van der Waals surface area (Å²) in [6, 6.07) is 17.1. The van der Waals surface area contributed by atoms with Crippen LogP contribution in [0.1, 0.15) is 30.6 Å². The molecule has 0 saturated heterocycles. The molecule has 0 fully saturated rings. The van der Waals surface area contributed by atoms with Crippen molar-refractivity contribution in [3.05, 3.63) is 60.2 Å². The normalized spacial score (nSPS) is 12.0. The third kappa shape index (κ3) is 5.54. The molecule has 0 aliphatic rings. The molecule has 0 unspecified atom stereocenters. The van der Waals surface area contributed by atoms with Crippen LogP contribution in [-0.4, -0.2) is 31.4 Å². The first-order valence-corrected chi connectivity index (χ1v) is 8.51. The van der Waals surface area contributed by atoms with E-state index in [0.29, 0.717) is 17.9 Å². The number of rotatable bonds is 8. The number of ether oxygens (including phenoxy) is 1. The van der Waals surface area contributed by atoms with Crippen molar-refractivity contribution in [2.24, 2.45) is 5.92 Å². The highest BCUT2D eigenvalue weighted by Gasteiger charge is 2.21. The van der Waals surface area contributed by atoms with Gasteiger partial charge in [-0.25, -0.2) is 0 Å². The van der Waals surface area contributed by atoms with E-state index >= 15 is 0 Å². The van der Waals surface area contributed by atoms with Gasteiger partial charge in [0.05, 0.1) is 13.7 Å². The number of carbonyl (C=O) groups excluding carboxylic acids is 2. The van der Waals surface area contributed by atoms with Gasteiger partial charge in [0.15, 0.2) is 5.78 Å². The fraction of sp³-hybridized carbons (Fsp3) is 0.333. The maximum Gasteiger partial charge on any atom is 0.322 e. The zero-order valence-corrected chi connectivity index (χ0v) is 15.0. The van der Waals surface area contributed by atoms with Crippen LogP contribution in [0.5, 0.6) is 0 Å². The molecule has 2 rings (SSSR count). The van der Waals surface area contributed by atoms with Crippen LogP contribution in [0.25, 0.3) is 11.1 Å². The Morgan fingerprint density at radius 2 is 1.56 bits per heavy atom.